The maximum Gasteiger partial charge on any atom is 0.224 e. The normalized spacial score (nSPS) is 10.3. The molecule has 1 aromatic heterocycles. The Kier molecular flexibility index (Phi) is 4.63. The van der Waals surface area contributed by atoms with Gasteiger partial charge in [0.1, 0.15) is 5.82 Å². The van der Waals surface area contributed by atoms with Gasteiger partial charge in [-0.1, -0.05) is 6.07 Å². The maximum atomic E-state index is 4.47. The Labute approximate surface area is 118 Å². The number of benzene rings is 1. The average molecular weight is 274 g/mol. The van der Waals surface area contributed by atoms with Crippen LogP contribution in [0.2, 0.25) is 0 Å². The molecule has 0 aliphatic rings. The Morgan fingerprint density at radius 1 is 1.32 bits per heavy atom. The van der Waals surface area contributed by atoms with Crippen LogP contribution in [0.15, 0.2) is 35.4 Å². The number of nitrogens with zero attached hydrogens (tertiary/aromatic N) is 2. The molecule has 19 heavy (non-hydrogen) atoms. The van der Waals surface area contributed by atoms with E-state index in [2.05, 4.69) is 39.0 Å². The van der Waals surface area contributed by atoms with E-state index in [-0.39, 0.29) is 0 Å². The molecule has 100 valence electrons. The average Bonchev–Trinajstić information content (AvgIpc) is 2.43. The molecule has 2 aromatic rings. The highest BCUT2D eigenvalue weighted by atomic mass is 32.2. The van der Waals surface area contributed by atoms with Gasteiger partial charge in [-0.25, -0.2) is 4.98 Å². The van der Waals surface area contributed by atoms with Gasteiger partial charge in [-0.3, -0.25) is 0 Å². The predicted molar refractivity (Wildman–Crippen MR) is 82.4 cm³/mol. The zero-order valence-corrected chi connectivity index (χ0v) is 12.2. The fraction of sp³-hybridized carbons (Fsp3) is 0.286. The van der Waals surface area contributed by atoms with Gasteiger partial charge >= 0.3 is 0 Å². The first-order chi connectivity index (χ1) is 9.22. The second-order valence-electron chi connectivity index (χ2n) is 4.11. The highest BCUT2D eigenvalue weighted by Gasteiger charge is 2.04. The van der Waals surface area contributed by atoms with Crippen molar-refractivity contribution in [3.63, 3.8) is 0 Å². The summed E-state index contributed by atoms with van der Waals surface area (Å²) in [5.74, 6) is 1.49. The third-order valence-corrected chi connectivity index (χ3v) is 3.36. The van der Waals surface area contributed by atoms with E-state index in [9.17, 15) is 0 Å². The van der Waals surface area contributed by atoms with Gasteiger partial charge in [0.15, 0.2) is 0 Å². The number of hydrogen-bond acceptors (Lipinski definition) is 5. The van der Waals surface area contributed by atoms with Crippen LogP contribution < -0.4 is 10.6 Å². The lowest BCUT2D eigenvalue weighted by Gasteiger charge is -2.11. The summed E-state index contributed by atoms with van der Waals surface area (Å²) in [7, 11) is 0. The van der Waals surface area contributed by atoms with Crippen molar-refractivity contribution in [2.45, 2.75) is 18.7 Å². The third kappa shape index (κ3) is 3.61. The second kappa shape index (κ2) is 6.43. The SMILES string of the molecule is CCNc1ncc(C)c(Nc2cccc(SC)c2)n1. The maximum absolute atomic E-state index is 4.47. The summed E-state index contributed by atoms with van der Waals surface area (Å²) in [5.41, 5.74) is 2.06. The summed E-state index contributed by atoms with van der Waals surface area (Å²) in [5, 5.41) is 6.46. The molecule has 0 saturated heterocycles. The molecule has 2 rings (SSSR count). The van der Waals surface area contributed by atoms with Crippen LogP contribution in [-0.4, -0.2) is 22.8 Å². The minimum absolute atomic E-state index is 0.650. The van der Waals surface area contributed by atoms with Crippen LogP contribution in [-0.2, 0) is 0 Å². The fourth-order valence-corrected chi connectivity index (χ4v) is 2.11. The molecule has 0 bridgehead atoms. The van der Waals surface area contributed by atoms with Crippen molar-refractivity contribution >= 4 is 29.2 Å². The van der Waals surface area contributed by atoms with Crippen LogP contribution in [0.25, 0.3) is 0 Å². The van der Waals surface area contributed by atoms with Crippen molar-refractivity contribution in [1.29, 1.82) is 0 Å². The number of hydrogen-bond donors (Lipinski definition) is 2. The molecule has 0 fully saturated rings. The molecule has 4 nitrogen and oxygen atoms in total. The van der Waals surface area contributed by atoms with Crippen molar-refractivity contribution in [2.24, 2.45) is 0 Å². The summed E-state index contributed by atoms with van der Waals surface area (Å²) in [6.45, 7) is 4.83. The molecular formula is C14H18N4S. The van der Waals surface area contributed by atoms with E-state index in [1.54, 1.807) is 11.8 Å². The molecular weight excluding hydrogens is 256 g/mol. The van der Waals surface area contributed by atoms with Crippen molar-refractivity contribution < 1.29 is 0 Å². The Hall–Kier alpha value is -1.75. The van der Waals surface area contributed by atoms with Gasteiger partial charge in [0.05, 0.1) is 0 Å². The molecule has 0 aliphatic carbocycles. The summed E-state index contributed by atoms with van der Waals surface area (Å²) in [6.07, 6.45) is 3.89. The molecule has 2 N–H and O–H groups in total. The standard InChI is InChI=1S/C14H18N4S/c1-4-15-14-16-9-10(2)13(18-14)17-11-6-5-7-12(8-11)19-3/h5-9H,4H2,1-3H3,(H2,15,16,17,18). The highest BCUT2D eigenvalue weighted by Crippen LogP contribution is 2.23. The number of aromatic nitrogens is 2. The van der Waals surface area contributed by atoms with Crippen LogP contribution in [0.5, 0.6) is 0 Å². The van der Waals surface area contributed by atoms with E-state index >= 15 is 0 Å². The topological polar surface area (TPSA) is 49.8 Å². The van der Waals surface area contributed by atoms with Gasteiger partial charge < -0.3 is 10.6 Å². The Morgan fingerprint density at radius 3 is 2.89 bits per heavy atom. The van der Waals surface area contributed by atoms with Gasteiger partial charge in [-0.2, -0.15) is 4.98 Å². The number of thioether (sulfide) groups is 1. The molecule has 1 aromatic carbocycles. The monoisotopic (exact) mass is 274 g/mol. The van der Waals surface area contributed by atoms with E-state index in [1.165, 1.54) is 4.90 Å². The van der Waals surface area contributed by atoms with Crippen molar-refractivity contribution in [1.82, 2.24) is 9.97 Å². The zero-order chi connectivity index (χ0) is 13.7. The molecule has 0 spiro atoms. The van der Waals surface area contributed by atoms with Crippen LogP contribution in [0.3, 0.4) is 0 Å². The minimum atomic E-state index is 0.650. The Morgan fingerprint density at radius 2 is 2.16 bits per heavy atom. The number of rotatable bonds is 5. The summed E-state index contributed by atoms with van der Waals surface area (Å²) in [6, 6.07) is 8.27. The first kappa shape index (κ1) is 13.7. The number of anilines is 3. The van der Waals surface area contributed by atoms with Gasteiger partial charge in [0.2, 0.25) is 5.95 Å². The van der Waals surface area contributed by atoms with Crippen LogP contribution >= 0.6 is 11.8 Å². The molecule has 0 aliphatic heterocycles. The fourth-order valence-electron chi connectivity index (χ4n) is 1.65. The quantitative estimate of drug-likeness (QED) is 0.814. The van der Waals surface area contributed by atoms with E-state index in [0.717, 1.165) is 23.6 Å². The first-order valence-electron chi connectivity index (χ1n) is 6.21. The summed E-state index contributed by atoms with van der Waals surface area (Å²) in [4.78, 5) is 9.94. The Balaban J connectivity index is 2.23. The predicted octanol–water partition coefficient (Wildman–Crippen LogP) is 3.68. The van der Waals surface area contributed by atoms with Gasteiger partial charge in [0, 0.05) is 28.9 Å². The number of nitrogens with one attached hydrogen (secondary N) is 2. The van der Waals surface area contributed by atoms with Crippen molar-refractivity contribution in [3.8, 4) is 0 Å². The largest absolute Gasteiger partial charge is 0.354 e. The van der Waals surface area contributed by atoms with Gasteiger partial charge in [0.25, 0.3) is 0 Å². The van der Waals surface area contributed by atoms with Crippen LogP contribution in [0, 0.1) is 6.92 Å². The van der Waals surface area contributed by atoms with Crippen molar-refractivity contribution in [2.75, 3.05) is 23.4 Å². The molecule has 0 radical (unpaired) electrons. The Bertz CT molecular complexity index is 557. The lowest BCUT2D eigenvalue weighted by molar-refractivity contribution is 1.07. The highest BCUT2D eigenvalue weighted by molar-refractivity contribution is 7.98. The lowest BCUT2D eigenvalue weighted by Crippen LogP contribution is -2.05. The lowest BCUT2D eigenvalue weighted by atomic mass is 10.3. The minimum Gasteiger partial charge on any atom is -0.354 e. The van der Waals surface area contributed by atoms with Gasteiger partial charge in [-0.15, -0.1) is 11.8 Å². The number of aryl methyl sites for hydroxylation is 1. The van der Waals surface area contributed by atoms with Gasteiger partial charge in [-0.05, 0) is 38.3 Å². The van der Waals surface area contributed by atoms with Crippen molar-refractivity contribution in [3.05, 3.63) is 36.0 Å². The molecule has 0 unspecified atom stereocenters. The van der Waals surface area contributed by atoms with E-state index in [1.807, 2.05) is 32.2 Å². The van der Waals surface area contributed by atoms with E-state index in [4.69, 9.17) is 0 Å². The smallest absolute Gasteiger partial charge is 0.224 e. The first-order valence-corrected chi connectivity index (χ1v) is 7.44. The molecule has 0 saturated carbocycles. The summed E-state index contributed by atoms with van der Waals surface area (Å²) < 4.78 is 0. The van der Waals surface area contributed by atoms with Crippen LogP contribution in [0.1, 0.15) is 12.5 Å². The van der Waals surface area contributed by atoms with E-state index < -0.39 is 0 Å². The zero-order valence-electron chi connectivity index (χ0n) is 11.4. The molecule has 0 atom stereocenters. The third-order valence-electron chi connectivity index (χ3n) is 2.64. The van der Waals surface area contributed by atoms with Crippen LogP contribution in [0.4, 0.5) is 17.5 Å². The second-order valence-corrected chi connectivity index (χ2v) is 4.99. The summed E-state index contributed by atoms with van der Waals surface area (Å²) >= 11 is 1.72. The molecule has 1 heterocycles. The van der Waals surface area contributed by atoms with E-state index in [0.29, 0.717) is 5.95 Å². The molecule has 5 heteroatoms. The molecule has 0 amide bonds.